The van der Waals surface area contributed by atoms with Gasteiger partial charge in [-0.05, 0) is 42.4 Å². The fraction of sp³-hybridized carbons (Fsp3) is 0.417. The maximum absolute atomic E-state index is 12.6. The van der Waals surface area contributed by atoms with E-state index in [4.69, 9.17) is 4.74 Å². The standard InChI is InChI=1S/C24H28O5/c25-22(18-11-5-2-6-12-18)21(23(26)27)15-19-13-7-8-14-20(19)24(28)29-16-17-9-3-1-4-10-17/h1,3-4,7-10,13-14,18,21-22,25H,2,5-6,11-12,15-16H2,(H,26,27). The first-order valence-electron chi connectivity index (χ1n) is 10.3. The van der Waals surface area contributed by atoms with Gasteiger partial charge in [-0.3, -0.25) is 4.79 Å². The summed E-state index contributed by atoms with van der Waals surface area (Å²) in [6, 6.07) is 16.3. The second kappa shape index (κ2) is 10.2. The molecule has 0 amide bonds. The first-order valence-corrected chi connectivity index (χ1v) is 10.3. The predicted molar refractivity (Wildman–Crippen MR) is 109 cm³/mol. The van der Waals surface area contributed by atoms with Gasteiger partial charge in [-0.1, -0.05) is 67.8 Å². The quantitative estimate of drug-likeness (QED) is 0.653. The molecule has 2 aromatic carbocycles. The molecule has 2 atom stereocenters. The topological polar surface area (TPSA) is 83.8 Å². The van der Waals surface area contributed by atoms with Crippen LogP contribution in [-0.2, 0) is 22.6 Å². The lowest BCUT2D eigenvalue weighted by Gasteiger charge is -2.30. The van der Waals surface area contributed by atoms with Crippen molar-refractivity contribution < 1.29 is 24.5 Å². The largest absolute Gasteiger partial charge is 0.481 e. The van der Waals surface area contributed by atoms with Crippen LogP contribution < -0.4 is 0 Å². The molecule has 0 saturated heterocycles. The van der Waals surface area contributed by atoms with Crippen molar-refractivity contribution in [2.45, 2.75) is 51.2 Å². The van der Waals surface area contributed by atoms with Crippen LogP contribution in [0.5, 0.6) is 0 Å². The van der Waals surface area contributed by atoms with Gasteiger partial charge >= 0.3 is 11.9 Å². The van der Waals surface area contributed by atoms with Crippen molar-refractivity contribution >= 4 is 11.9 Å². The predicted octanol–water partition coefficient (Wildman–Crippen LogP) is 4.23. The van der Waals surface area contributed by atoms with Crippen molar-refractivity contribution in [3.05, 3.63) is 71.3 Å². The van der Waals surface area contributed by atoms with E-state index in [-0.39, 0.29) is 18.9 Å². The molecule has 3 rings (SSSR count). The molecule has 0 aromatic heterocycles. The Kier molecular flexibility index (Phi) is 7.42. The minimum Gasteiger partial charge on any atom is -0.481 e. The zero-order valence-electron chi connectivity index (χ0n) is 16.5. The SMILES string of the molecule is O=C(OCc1ccccc1)c1ccccc1CC(C(=O)O)C(O)C1CCCCC1. The molecule has 0 heterocycles. The number of aliphatic hydroxyl groups is 1. The van der Waals surface area contributed by atoms with Crippen LogP contribution in [0.4, 0.5) is 0 Å². The Morgan fingerprint density at radius 2 is 1.62 bits per heavy atom. The summed E-state index contributed by atoms with van der Waals surface area (Å²) in [4.78, 5) is 24.5. The van der Waals surface area contributed by atoms with Gasteiger partial charge in [0, 0.05) is 0 Å². The second-order valence-corrected chi connectivity index (χ2v) is 7.76. The van der Waals surface area contributed by atoms with Crippen molar-refractivity contribution in [1.29, 1.82) is 0 Å². The molecule has 2 unspecified atom stereocenters. The Balaban J connectivity index is 1.72. The summed E-state index contributed by atoms with van der Waals surface area (Å²) in [5.74, 6) is -2.46. The van der Waals surface area contributed by atoms with Gasteiger partial charge in [0.15, 0.2) is 0 Å². The number of hydrogen-bond donors (Lipinski definition) is 2. The van der Waals surface area contributed by atoms with Crippen molar-refractivity contribution in [1.82, 2.24) is 0 Å². The molecule has 154 valence electrons. The third-order valence-corrected chi connectivity index (χ3v) is 5.75. The third-order valence-electron chi connectivity index (χ3n) is 5.75. The Hall–Kier alpha value is -2.66. The molecule has 1 aliphatic carbocycles. The maximum atomic E-state index is 12.6. The van der Waals surface area contributed by atoms with E-state index in [1.807, 2.05) is 30.3 Å². The number of carbonyl (C=O) groups excluding carboxylic acids is 1. The molecule has 2 aromatic rings. The molecular formula is C24H28O5. The lowest BCUT2D eigenvalue weighted by atomic mass is 9.78. The van der Waals surface area contributed by atoms with Crippen LogP contribution in [0.2, 0.25) is 0 Å². The van der Waals surface area contributed by atoms with Crippen molar-refractivity contribution in [3.63, 3.8) is 0 Å². The molecule has 5 heteroatoms. The summed E-state index contributed by atoms with van der Waals surface area (Å²) in [6.07, 6.45) is 4.08. The summed E-state index contributed by atoms with van der Waals surface area (Å²) >= 11 is 0. The van der Waals surface area contributed by atoms with E-state index >= 15 is 0 Å². The summed E-state index contributed by atoms with van der Waals surface area (Å²) in [7, 11) is 0. The van der Waals surface area contributed by atoms with E-state index in [1.54, 1.807) is 24.3 Å². The molecule has 29 heavy (non-hydrogen) atoms. The Morgan fingerprint density at radius 3 is 2.31 bits per heavy atom. The molecule has 0 bridgehead atoms. The van der Waals surface area contributed by atoms with E-state index in [1.165, 1.54) is 0 Å². The molecule has 2 N–H and O–H groups in total. The van der Waals surface area contributed by atoms with Crippen molar-refractivity contribution in [2.24, 2.45) is 11.8 Å². The minimum absolute atomic E-state index is 0.00189. The molecule has 5 nitrogen and oxygen atoms in total. The highest BCUT2D eigenvalue weighted by atomic mass is 16.5. The number of carboxylic acids is 1. The van der Waals surface area contributed by atoms with Crippen LogP contribution in [0, 0.1) is 11.8 Å². The zero-order chi connectivity index (χ0) is 20.6. The number of aliphatic hydroxyl groups excluding tert-OH is 1. The second-order valence-electron chi connectivity index (χ2n) is 7.76. The number of esters is 1. The van der Waals surface area contributed by atoms with E-state index in [9.17, 15) is 19.8 Å². The number of carbonyl (C=O) groups is 2. The molecule has 1 fully saturated rings. The summed E-state index contributed by atoms with van der Waals surface area (Å²) in [5.41, 5.74) is 1.83. The Labute approximate surface area is 171 Å². The first kappa shape index (κ1) is 21.1. The van der Waals surface area contributed by atoms with Gasteiger partial charge in [0.1, 0.15) is 6.61 Å². The summed E-state index contributed by atoms with van der Waals surface area (Å²) in [5, 5.41) is 20.5. The maximum Gasteiger partial charge on any atom is 0.338 e. The fourth-order valence-corrected chi connectivity index (χ4v) is 4.09. The summed E-state index contributed by atoms with van der Waals surface area (Å²) in [6.45, 7) is 0.154. The number of ether oxygens (including phenoxy) is 1. The number of rotatable bonds is 8. The smallest absolute Gasteiger partial charge is 0.338 e. The van der Waals surface area contributed by atoms with Crippen molar-refractivity contribution in [2.75, 3.05) is 0 Å². The Morgan fingerprint density at radius 1 is 0.966 bits per heavy atom. The van der Waals surface area contributed by atoms with Crippen LogP contribution in [0.25, 0.3) is 0 Å². The lowest BCUT2D eigenvalue weighted by molar-refractivity contribution is -0.147. The highest BCUT2D eigenvalue weighted by Gasteiger charge is 2.34. The average molecular weight is 396 g/mol. The van der Waals surface area contributed by atoms with E-state index < -0.39 is 24.0 Å². The van der Waals surface area contributed by atoms with Gasteiger partial charge in [-0.2, -0.15) is 0 Å². The van der Waals surface area contributed by atoms with Crippen molar-refractivity contribution in [3.8, 4) is 0 Å². The average Bonchev–Trinajstić information content (AvgIpc) is 2.76. The Bertz CT molecular complexity index is 811. The summed E-state index contributed by atoms with van der Waals surface area (Å²) < 4.78 is 5.42. The highest BCUT2D eigenvalue weighted by molar-refractivity contribution is 5.91. The molecular weight excluding hydrogens is 368 g/mol. The molecule has 1 saturated carbocycles. The van der Waals surface area contributed by atoms with Gasteiger partial charge in [-0.25, -0.2) is 4.79 Å². The number of aliphatic carboxylic acids is 1. The van der Waals surface area contributed by atoms with Gasteiger partial charge < -0.3 is 14.9 Å². The van der Waals surface area contributed by atoms with Gasteiger partial charge in [-0.15, -0.1) is 0 Å². The van der Waals surface area contributed by atoms with Crippen LogP contribution in [0.1, 0.15) is 53.6 Å². The molecule has 0 radical (unpaired) electrons. The number of hydrogen-bond acceptors (Lipinski definition) is 4. The van der Waals surface area contributed by atoms with E-state index in [0.717, 1.165) is 37.7 Å². The minimum atomic E-state index is -1.03. The monoisotopic (exact) mass is 396 g/mol. The number of carboxylic acid groups (broad SMARTS) is 1. The van der Waals surface area contributed by atoms with Crippen LogP contribution in [0.3, 0.4) is 0 Å². The van der Waals surface area contributed by atoms with Crippen LogP contribution >= 0.6 is 0 Å². The lowest BCUT2D eigenvalue weighted by Crippen LogP contribution is -2.37. The molecule has 0 spiro atoms. The zero-order valence-corrected chi connectivity index (χ0v) is 16.5. The normalized spacial score (nSPS) is 16.7. The van der Waals surface area contributed by atoms with Gasteiger partial charge in [0.25, 0.3) is 0 Å². The molecule has 1 aliphatic rings. The van der Waals surface area contributed by atoms with E-state index in [2.05, 4.69) is 0 Å². The molecule has 0 aliphatic heterocycles. The van der Waals surface area contributed by atoms with Crippen LogP contribution in [-0.4, -0.2) is 28.3 Å². The van der Waals surface area contributed by atoms with Gasteiger partial charge in [0.05, 0.1) is 17.6 Å². The van der Waals surface area contributed by atoms with Gasteiger partial charge in [0.2, 0.25) is 0 Å². The third kappa shape index (κ3) is 5.67. The van der Waals surface area contributed by atoms with Crippen LogP contribution in [0.15, 0.2) is 54.6 Å². The first-order chi connectivity index (χ1) is 14.1. The number of benzene rings is 2. The van der Waals surface area contributed by atoms with E-state index in [0.29, 0.717) is 11.1 Å². The highest BCUT2D eigenvalue weighted by Crippen LogP contribution is 2.31. The fourth-order valence-electron chi connectivity index (χ4n) is 4.09.